The number of aromatic nitrogens is 1. The van der Waals surface area contributed by atoms with Gasteiger partial charge in [0.05, 0.1) is 64.9 Å². The van der Waals surface area contributed by atoms with Gasteiger partial charge in [-0.15, -0.1) is 0 Å². The maximum Gasteiger partial charge on any atom is 0.252 e. The molecule has 2 aliphatic heterocycles. The van der Waals surface area contributed by atoms with E-state index in [1.54, 1.807) is 218 Å². The van der Waals surface area contributed by atoms with Crippen molar-refractivity contribution in [1.82, 2.24) is 4.57 Å². The molecule has 0 atom stereocenters. The molecule has 0 saturated heterocycles. The third-order valence-electron chi connectivity index (χ3n) is 22.4. The first-order valence-corrected chi connectivity index (χ1v) is 40.8. The van der Waals surface area contributed by atoms with Gasteiger partial charge in [0.25, 0.3) is 6.71 Å². The van der Waals surface area contributed by atoms with Gasteiger partial charge in [0, 0.05) is 61.5 Å². The molecule has 1 aromatic heterocycles. The fourth-order valence-corrected chi connectivity index (χ4v) is 15.6. The number of anilines is 6. The van der Waals surface area contributed by atoms with Crippen LogP contribution in [0.3, 0.4) is 0 Å². The first-order chi connectivity index (χ1) is 68.2. The number of benzene rings is 13. The van der Waals surface area contributed by atoms with Crippen LogP contribution in [0.4, 0.5) is 34.1 Å². The van der Waals surface area contributed by atoms with Crippen molar-refractivity contribution in [3.8, 4) is 72.4 Å². The lowest BCUT2D eigenvalue weighted by atomic mass is 9.33. The van der Waals surface area contributed by atoms with E-state index >= 15 is 0 Å². The minimum atomic E-state index is -1.46. The Morgan fingerprint density at radius 3 is 1.13 bits per heavy atom. The van der Waals surface area contributed by atoms with Crippen molar-refractivity contribution in [2.45, 2.75) is 236 Å². The van der Waals surface area contributed by atoms with Crippen molar-refractivity contribution in [3.63, 3.8) is 0 Å². The third kappa shape index (κ3) is 14.8. The molecule has 13 aromatic carbocycles. The number of hydrogen-bond acceptors (Lipinski definition) is 2. The van der Waals surface area contributed by atoms with Crippen LogP contribution in [0.25, 0.3) is 94.3 Å². The standard InChI is InChI=1S/C114H124BN3/c1-106(2,3)78-49-44-72(45-50-78)90-65-84(112(19,20)21)67-92(77-59-82(110(13,14)15)64-83(60-77)111(16,17)18)104(90)118-100-70-86(116-97-42-33-31-40-88(97)89-41-32-34-43-98(89)116)54-57-96(100)115-95-56-48-75(71-36-29-28-30-37-71)61-99(95)117(101-62-76(63-102(118)103(101)115)74-38-35-39-80(58-74)108(7,8)9)105-91(73-46-51-79(52-47-73)107(4,5)6)66-85(113(22,23)24)68-93(105)87-55-53-81(109(10,11)12)69-94(87)114(25,26)27/h28-70H,1-27H3/i28D,29D,30D,31D,32D,33D,34D,36D,37D,40D,41D,42D,43D,44D,45D,46D,47D,49D,50D,51D,52D,53D,55D,59D,60D,64D,65D,66D,67D,68D,69D. The first kappa shape index (κ1) is 51.6. The number of hydrogen-bond donors (Lipinski definition) is 0. The van der Waals surface area contributed by atoms with Crippen LogP contribution in [-0.2, 0) is 48.7 Å². The van der Waals surface area contributed by atoms with Crippen LogP contribution in [0.1, 0.15) is 280 Å². The van der Waals surface area contributed by atoms with Gasteiger partial charge in [-0.25, -0.2) is 0 Å². The average Bonchev–Trinajstić information content (AvgIpc) is 1.40. The molecule has 0 unspecified atom stereocenters. The third-order valence-corrected chi connectivity index (χ3v) is 22.4. The Balaban J connectivity index is 1.32. The fraction of sp³-hybridized carbons (Fsp3) is 0.316. The molecule has 14 aromatic rings. The fourth-order valence-electron chi connectivity index (χ4n) is 15.6. The molecule has 0 spiro atoms. The Morgan fingerprint density at radius 1 is 0.254 bits per heavy atom. The normalized spacial score (nSPS) is 17.3. The van der Waals surface area contributed by atoms with Gasteiger partial charge in [0.1, 0.15) is 0 Å². The largest absolute Gasteiger partial charge is 0.310 e. The van der Waals surface area contributed by atoms with Crippen LogP contribution < -0.4 is 26.2 Å². The molecule has 0 radical (unpaired) electrons. The summed E-state index contributed by atoms with van der Waals surface area (Å²) in [6.45, 7) is 46.9. The van der Waals surface area contributed by atoms with E-state index in [1.165, 1.54) is 10.6 Å². The second-order valence-electron chi connectivity index (χ2n) is 41.1. The molecule has 4 heteroatoms. The van der Waals surface area contributed by atoms with Gasteiger partial charge in [0.15, 0.2) is 0 Å². The van der Waals surface area contributed by atoms with Gasteiger partial charge in [-0.05, 0) is 226 Å². The molecule has 118 heavy (non-hydrogen) atoms. The molecule has 3 nitrogen and oxygen atoms in total. The lowest BCUT2D eigenvalue weighted by molar-refractivity contribution is 0.568. The number of para-hydroxylation sites is 2. The minimum absolute atomic E-state index is 0.0340. The summed E-state index contributed by atoms with van der Waals surface area (Å²) in [5.41, 5.74) is -14.1. The number of fused-ring (bicyclic) bond motifs is 7. The maximum absolute atomic E-state index is 11.8. The second kappa shape index (κ2) is 28.5. The Kier molecular flexibility index (Phi) is 12.5. The lowest BCUT2D eigenvalue weighted by Crippen LogP contribution is -2.61. The van der Waals surface area contributed by atoms with Crippen molar-refractivity contribution in [1.29, 1.82) is 0 Å². The zero-order chi connectivity index (χ0) is 111. The summed E-state index contributed by atoms with van der Waals surface area (Å²) in [6, 6.07) is 1.61. The zero-order valence-corrected chi connectivity index (χ0v) is 73.3. The minimum Gasteiger partial charge on any atom is -0.310 e. The van der Waals surface area contributed by atoms with Crippen LogP contribution in [0.2, 0.25) is 0 Å². The van der Waals surface area contributed by atoms with E-state index in [-0.39, 0.29) is 168 Å². The SMILES string of the molecule is [2H]c1c([2H])c([2H])c(-c2ccc3c(c2)N(c2c(-c4c([2H])c([2H])c(C(C)(C)C)c([2H])c4[2H])c([2H])c(C(C)(C)C)c([2H])c2-c2c([2H])c([2H])c(C(C)(C)C)c([2H])c2C(C)(C)C)c2cc(-c4cccc(C(C)(C)C)c4)cc4c2B3c2ccc(-n3c5c([2H])c([2H])c([2H])c([2H])c5c5c([2H])c([2H])c([2H])c([2H])c53)cc2N4c2c(-c3c([2H])c([2H])c(C(C)(C)C)c([2H])c3[2H])c([2H])c(C(C)(C)C)c([2H])c2-c2c([2H])c(C(C)(C)C)c([2H])c(C(C)(C)C)c2[2H])c([2H])c1[2H]. The van der Waals surface area contributed by atoms with Gasteiger partial charge < -0.3 is 14.4 Å². The Morgan fingerprint density at radius 2 is 0.653 bits per heavy atom. The van der Waals surface area contributed by atoms with Crippen LogP contribution in [0.5, 0.6) is 0 Å². The van der Waals surface area contributed by atoms with Crippen LogP contribution in [0, 0.1) is 0 Å². The van der Waals surface area contributed by atoms with Gasteiger partial charge in [-0.3, -0.25) is 0 Å². The monoisotopic (exact) mass is 1580 g/mol. The van der Waals surface area contributed by atoms with Gasteiger partial charge in [-0.2, -0.15) is 0 Å². The smallest absolute Gasteiger partial charge is 0.252 e. The summed E-state index contributed by atoms with van der Waals surface area (Å²) in [5, 5.41) is -0.657. The molecule has 0 amide bonds. The highest BCUT2D eigenvalue weighted by molar-refractivity contribution is 7.00. The van der Waals surface area contributed by atoms with E-state index in [2.05, 4.69) is 0 Å². The Hall–Kier alpha value is -10.7. The van der Waals surface area contributed by atoms with E-state index in [9.17, 15) is 41.1 Å². The average molecular weight is 1580 g/mol. The van der Waals surface area contributed by atoms with Crippen molar-refractivity contribution in [2.24, 2.45) is 0 Å². The number of rotatable bonds is 9. The molecule has 2 aliphatic rings. The topological polar surface area (TPSA) is 11.4 Å². The lowest BCUT2D eigenvalue weighted by Gasteiger charge is -2.46. The highest BCUT2D eigenvalue weighted by atomic mass is 15.2. The molecule has 3 heterocycles. The van der Waals surface area contributed by atoms with Crippen molar-refractivity contribution in [3.05, 3.63) is 310 Å². The van der Waals surface area contributed by atoms with Crippen molar-refractivity contribution in [2.75, 3.05) is 9.80 Å². The van der Waals surface area contributed by atoms with Gasteiger partial charge >= 0.3 is 0 Å². The predicted molar refractivity (Wildman–Crippen MR) is 516 cm³/mol. The molecule has 0 aliphatic carbocycles. The van der Waals surface area contributed by atoms with Crippen molar-refractivity contribution < 1.29 is 42.5 Å². The summed E-state index contributed by atoms with van der Waals surface area (Å²) in [5.74, 6) is 0. The first-order valence-electron chi connectivity index (χ1n) is 56.3. The second-order valence-corrected chi connectivity index (χ2v) is 41.1. The molecule has 0 fully saturated rings. The summed E-state index contributed by atoms with van der Waals surface area (Å²) in [6.07, 6.45) is 0. The molecule has 0 saturated carbocycles. The maximum atomic E-state index is 11.8. The summed E-state index contributed by atoms with van der Waals surface area (Å²) in [4.78, 5) is 3.23. The van der Waals surface area contributed by atoms with Crippen LogP contribution in [-0.4, -0.2) is 11.3 Å². The zero-order valence-electron chi connectivity index (χ0n) is 104. The van der Waals surface area contributed by atoms with Crippen LogP contribution in [0.15, 0.2) is 260 Å². The molecule has 0 bridgehead atoms. The molecular weight excluding hydrogens is 1420 g/mol. The predicted octanol–water partition coefficient (Wildman–Crippen LogP) is 30.5. The molecular formula is C114H124BN3. The summed E-state index contributed by atoms with van der Waals surface area (Å²) in [7, 11) is 0. The Bertz CT molecular complexity index is 8060. The van der Waals surface area contributed by atoms with E-state index < -0.39 is 259 Å². The Labute approximate surface area is 751 Å². The molecule has 598 valence electrons. The van der Waals surface area contributed by atoms with E-state index in [4.69, 9.17) is 1.37 Å². The summed E-state index contributed by atoms with van der Waals surface area (Å²) >= 11 is 0. The highest BCUT2D eigenvalue weighted by Crippen LogP contribution is 2.58. The van der Waals surface area contributed by atoms with Crippen LogP contribution >= 0.6 is 0 Å². The number of nitrogens with zero attached hydrogens (tertiary/aromatic N) is 3. The molecule has 0 N–H and O–H groups in total. The van der Waals surface area contributed by atoms with E-state index in [0.717, 1.165) is 5.56 Å². The molecule has 16 rings (SSSR count). The van der Waals surface area contributed by atoms with Gasteiger partial charge in [-0.1, -0.05) is 380 Å². The van der Waals surface area contributed by atoms with E-state index in [0.29, 0.717) is 5.56 Å². The highest BCUT2D eigenvalue weighted by Gasteiger charge is 2.47. The van der Waals surface area contributed by atoms with E-state index in [1.807, 2.05) is 45.0 Å². The summed E-state index contributed by atoms with van der Waals surface area (Å²) < 4.78 is 325. The quantitative estimate of drug-likeness (QED) is 0.133. The van der Waals surface area contributed by atoms with Crippen molar-refractivity contribution >= 4 is 79.0 Å². The van der Waals surface area contributed by atoms with Gasteiger partial charge in [0.2, 0.25) is 0 Å².